The molecule has 1 atom stereocenters. The zero-order valence-electron chi connectivity index (χ0n) is 8.95. The van der Waals surface area contributed by atoms with Gasteiger partial charge in [0.05, 0.1) is 0 Å². The van der Waals surface area contributed by atoms with Gasteiger partial charge in [0.15, 0.2) is 0 Å². The molecule has 0 bridgehead atoms. The molecule has 0 heterocycles. The number of thiol groups is 1. The fourth-order valence-electron chi connectivity index (χ4n) is 1.57. The number of rotatable bonds is 2. The highest BCUT2D eigenvalue weighted by molar-refractivity contribution is 7.80. The van der Waals surface area contributed by atoms with Crippen LogP contribution in [-0.2, 0) is 0 Å². The molecule has 1 aromatic rings. The number of carbonyl (C=O) groups is 1. The number of amides is 1. The van der Waals surface area contributed by atoms with Crippen molar-refractivity contribution in [1.82, 2.24) is 5.32 Å². The molecule has 80 valence electrons. The molecule has 0 saturated heterocycles. The molecule has 1 aliphatic rings. The van der Waals surface area contributed by atoms with Crippen LogP contribution in [0.15, 0.2) is 29.2 Å². The molecule has 0 spiro atoms. The van der Waals surface area contributed by atoms with Crippen molar-refractivity contribution < 1.29 is 4.79 Å². The van der Waals surface area contributed by atoms with Gasteiger partial charge in [-0.15, -0.1) is 12.6 Å². The van der Waals surface area contributed by atoms with E-state index in [1.807, 2.05) is 12.1 Å². The largest absolute Gasteiger partial charge is 0.349 e. The van der Waals surface area contributed by atoms with E-state index in [0.717, 1.165) is 11.3 Å². The molecule has 2 nitrogen and oxygen atoms in total. The summed E-state index contributed by atoms with van der Waals surface area (Å²) in [7, 11) is 0. The fourth-order valence-corrected chi connectivity index (χ4v) is 1.72. The third kappa shape index (κ3) is 2.34. The van der Waals surface area contributed by atoms with Crippen LogP contribution in [0.25, 0.3) is 0 Å². The van der Waals surface area contributed by atoms with Crippen LogP contribution in [-0.4, -0.2) is 11.9 Å². The zero-order valence-corrected chi connectivity index (χ0v) is 9.84. The lowest BCUT2D eigenvalue weighted by molar-refractivity contribution is 0.0946. The first kappa shape index (κ1) is 10.6. The topological polar surface area (TPSA) is 29.1 Å². The smallest absolute Gasteiger partial charge is 0.251 e. The van der Waals surface area contributed by atoms with E-state index in [9.17, 15) is 4.79 Å². The van der Waals surface area contributed by atoms with E-state index < -0.39 is 0 Å². The second-order valence-corrected chi connectivity index (χ2v) is 5.28. The molecule has 1 aromatic carbocycles. The summed E-state index contributed by atoms with van der Waals surface area (Å²) in [6.45, 7) is 4.32. The van der Waals surface area contributed by atoms with E-state index >= 15 is 0 Å². The Morgan fingerprint density at radius 3 is 2.40 bits per heavy atom. The summed E-state index contributed by atoms with van der Waals surface area (Å²) in [6, 6.07) is 7.59. The Hall–Kier alpha value is -0.960. The van der Waals surface area contributed by atoms with Gasteiger partial charge >= 0.3 is 0 Å². The van der Waals surface area contributed by atoms with E-state index in [0.29, 0.717) is 11.6 Å². The van der Waals surface area contributed by atoms with Gasteiger partial charge in [-0.2, -0.15) is 0 Å². The average molecular weight is 221 g/mol. The second-order valence-electron chi connectivity index (χ2n) is 4.77. The van der Waals surface area contributed by atoms with E-state index in [1.165, 1.54) is 0 Å². The molecule has 15 heavy (non-hydrogen) atoms. The van der Waals surface area contributed by atoms with Crippen molar-refractivity contribution in [3.05, 3.63) is 29.8 Å². The lowest BCUT2D eigenvalue weighted by Gasteiger charge is -2.06. The van der Waals surface area contributed by atoms with E-state index in [-0.39, 0.29) is 11.3 Å². The van der Waals surface area contributed by atoms with Crippen LogP contribution in [0, 0.1) is 5.41 Å². The molecule has 2 rings (SSSR count). The summed E-state index contributed by atoms with van der Waals surface area (Å²) in [5.41, 5.74) is 0.981. The van der Waals surface area contributed by atoms with Gasteiger partial charge in [-0.05, 0) is 36.1 Å². The van der Waals surface area contributed by atoms with Crippen LogP contribution in [0.1, 0.15) is 30.6 Å². The van der Waals surface area contributed by atoms with Crippen molar-refractivity contribution in [2.24, 2.45) is 5.41 Å². The maximum absolute atomic E-state index is 11.8. The molecule has 0 radical (unpaired) electrons. The minimum Gasteiger partial charge on any atom is -0.349 e. The third-order valence-electron chi connectivity index (χ3n) is 2.95. The molecule has 1 fully saturated rings. The van der Waals surface area contributed by atoms with Crippen molar-refractivity contribution >= 4 is 18.5 Å². The normalized spacial score (nSPS) is 22.2. The van der Waals surface area contributed by atoms with Gasteiger partial charge < -0.3 is 5.32 Å². The average Bonchev–Trinajstić information content (AvgIpc) is 2.74. The molecule has 1 amide bonds. The zero-order chi connectivity index (χ0) is 11.1. The Bertz CT molecular complexity index is 383. The minimum atomic E-state index is 0.0129. The lowest BCUT2D eigenvalue weighted by Crippen LogP contribution is -2.28. The Balaban J connectivity index is 2.00. The highest BCUT2D eigenvalue weighted by Crippen LogP contribution is 2.44. The van der Waals surface area contributed by atoms with Crippen LogP contribution < -0.4 is 5.32 Å². The van der Waals surface area contributed by atoms with Gasteiger partial charge in [-0.25, -0.2) is 0 Å². The quantitative estimate of drug-likeness (QED) is 0.738. The summed E-state index contributed by atoms with van der Waals surface area (Å²) >= 11 is 4.18. The summed E-state index contributed by atoms with van der Waals surface area (Å²) in [4.78, 5) is 12.6. The summed E-state index contributed by atoms with van der Waals surface area (Å²) in [5, 5.41) is 3.02. The van der Waals surface area contributed by atoms with E-state index in [1.54, 1.807) is 12.1 Å². The number of hydrogen-bond acceptors (Lipinski definition) is 2. The standard InChI is InChI=1S/C12H15NOS/c1-12(2)7-10(12)13-11(14)8-3-5-9(15)6-4-8/h3-6,10,15H,7H2,1-2H3,(H,13,14). The van der Waals surface area contributed by atoms with Gasteiger partial charge in [0, 0.05) is 16.5 Å². The third-order valence-corrected chi connectivity index (χ3v) is 3.25. The van der Waals surface area contributed by atoms with Gasteiger partial charge in [-0.3, -0.25) is 4.79 Å². The molecule has 1 aliphatic carbocycles. The van der Waals surface area contributed by atoms with Gasteiger partial charge in [-0.1, -0.05) is 13.8 Å². The molecule has 3 heteroatoms. The van der Waals surface area contributed by atoms with Crippen LogP contribution in [0.4, 0.5) is 0 Å². The molecule has 1 saturated carbocycles. The van der Waals surface area contributed by atoms with Gasteiger partial charge in [0.2, 0.25) is 0 Å². The van der Waals surface area contributed by atoms with E-state index in [4.69, 9.17) is 0 Å². The number of carbonyl (C=O) groups excluding carboxylic acids is 1. The first-order valence-corrected chi connectivity index (χ1v) is 5.54. The fraction of sp³-hybridized carbons (Fsp3) is 0.417. The monoisotopic (exact) mass is 221 g/mol. The minimum absolute atomic E-state index is 0.0129. The Labute approximate surface area is 95.5 Å². The predicted octanol–water partition coefficient (Wildman–Crippen LogP) is 2.50. The maximum atomic E-state index is 11.8. The lowest BCUT2D eigenvalue weighted by atomic mass is 10.1. The number of hydrogen-bond donors (Lipinski definition) is 2. The molecule has 0 aliphatic heterocycles. The van der Waals surface area contributed by atoms with Gasteiger partial charge in [0.25, 0.3) is 5.91 Å². The van der Waals surface area contributed by atoms with Crippen LogP contribution in [0.5, 0.6) is 0 Å². The van der Waals surface area contributed by atoms with Crippen LogP contribution in [0.2, 0.25) is 0 Å². The van der Waals surface area contributed by atoms with Crippen molar-refractivity contribution in [3.8, 4) is 0 Å². The first-order chi connectivity index (χ1) is 6.99. The molecule has 1 unspecified atom stereocenters. The predicted molar refractivity (Wildman–Crippen MR) is 63.3 cm³/mol. The second kappa shape index (κ2) is 3.56. The molecule has 1 N–H and O–H groups in total. The van der Waals surface area contributed by atoms with Crippen molar-refractivity contribution in [2.75, 3.05) is 0 Å². The maximum Gasteiger partial charge on any atom is 0.251 e. The highest BCUT2D eigenvalue weighted by atomic mass is 32.1. The van der Waals surface area contributed by atoms with Crippen molar-refractivity contribution in [1.29, 1.82) is 0 Å². The number of benzene rings is 1. The van der Waals surface area contributed by atoms with Gasteiger partial charge in [0.1, 0.15) is 0 Å². The Kier molecular flexibility index (Phi) is 2.51. The molecular weight excluding hydrogens is 206 g/mol. The first-order valence-electron chi connectivity index (χ1n) is 5.09. The van der Waals surface area contributed by atoms with E-state index in [2.05, 4.69) is 31.8 Å². The summed E-state index contributed by atoms with van der Waals surface area (Å²) in [5.74, 6) is 0.0129. The van der Waals surface area contributed by atoms with Crippen molar-refractivity contribution in [3.63, 3.8) is 0 Å². The highest BCUT2D eigenvalue weighted by Gasteiger charge is 2.46. The number of nitrogens with one attached hydrogen (secondary N) is 1. The van der Waals surface area contributed by atoms with Crippen LogP contribution in [0.3, 0.4) is 0 Å². The Morgan fingerprint density at radius 1 is 1.40 bits per heavy atom. The SMILES string of the molecule is CC1(C)CC1NC(=O)c1ccc(S)cc1. The summed E-state index contributed by atoms with van der Waals surface area (Å²) in [6.07, 6.45) is 1.07. The molecule has 0 aromatic heterocycles. The van der Waals surface area contributed by atoms with Crippen LogP contribution >= 0.6 is 12.6 Å². The summed E-state index contributed by atoms with van der Waals surface area (Å²) < 4.78 is 0. The molecular formula is C12H15NOS. The Morgan fingerprint density at radius 2 is 1.93 bits per heavy atom. The van der Waals surface area contributed by atoms with Crippen molar-refractivity contribution in [2.45, 2.75) is 31.2 Å².